The molecule has 0 aliphatic carbocycles. The van der Waals surface area contributed by atoms with Crippen LogP contribution in [0.3, 0.4) is 0 Å². The van der Waals surface area contributed by atoms with Crippen molar-refractivity contribution in [2.24, 2.45) is 0 Å². The van der Waals surface area contributed by atoms with Gasteiger partial charge in [0.05, 0.1) is 5.60 Å². The first-order valence-electron chi connectivity index (χ1n) is 5.65. The molecule has 1 atom stereocenters. The fraction of sp³-hybridized carbons (Fsp3) is 0.545. The van der Waals surface area contributed by atoms with E-state index < -0.39 is 17.4 Å². The topological polar surface area (TPSA) is 104 Å². The van der Waals surface area contributed by atoms with Crippen molar-refractivity contribution in [2.45, 2.75) is 18.9 Å². The Balaban J connectivity index is 2.36. The highest BCUT2D eigenvalue weighted by Gasteiger charge is 2.23. The van der Waals surface area contributed by atoms with Gasteiger partial charge in [-0.2, -0.15) is 11.8 Å². The molecule has 0 saturated heterocycles. The van der Waals surface area contributed by atoms with Gasteiger partial charge in [-0.25, -0.2) is 0 Å². The number of amides is 2. The van der Waals surface area contributed by atoms with Crippen molar-refractivity contribution in [1.29, 1.82) is 0 Å². The molecule has 0 bridgehead atoms. The van der Waals surface area contributed by atoms with Crippen LogP contribution in [0.5, 0.6) is 0 Å². The minimum Gasteiger partial charge on any atom is -0.388 e. The van der Waals surface area contributed by atoms with Crippen LogP contribution in [0.25, 0.3) is 0 Å². The summed E-state index contributed by atoms with van der Waals surface area (Å²) < 4.78 is 4.51. The predicted octanol–water partition coefficient (Wildman–Crippen LogP) is 0.233. The second-order valence-corrected chi connectivity index (χ2v) is 5.25. The number of carbonyl (C=O) groups excluding carboxylic acids is 2. The average Bonchev–Trinajstić information content (AvgIpc) is 2.86. The Morgan fingerprint density at radius 3 is 2.84 bits per heavy atom. The van der Waals surface area contributed by atoms with E-state index in [1.807, 2.05) is 6.26 Å². The van der Waals surface area contributed by atoms with Gasteiger partial charge in [-0.15, -0.1) is 0 Å². The molecule has 1 heterocycles. The SMILES string of the molecule is CSCC[C@](C)(O)CNC(=O)C(=O)Nc1ccon1. The zero-order valence-corrected chi connectivity index (χ0v) is 11.6. The summed E-state index contributed by atoms with van der Waals surface area (Å²) >= 11 is 1.60. The van der Waals surface area contributed by atoms with Gasteiger partial charge in [-0.05, 0) is 25.4 Å². The van der Waals surface area contributed by atoms with E-state index in [0.717, 1.165) is 5.75 Å². The van der Waals surface area contributed by atoms with Crippen LogP contribution in [0.4, 0.5) is 5.82 Å². The summed E-state index contributed by atoms with van der Waals surface area (Å²) in [6.45, 7) is 1.62. The fourth-order valence-corrected chi connectivity index (χ4v) is 1.86. The molecule has 19 heavy (non-hydrogen) atoms. The van der Waals surface area contributed by atoms with Crippen LogP contribution in [-0.2, 0) is 9.59 Å². The third kappa shape index (κ3) is 5.75. The minimum atomic E-state index is -1.03. The van der Waals surface area contributed by atoms with Crippen molar-refractivity contribution in [3.63, 3.8) is 0 Å². The minimum absolute atomic E-state index is 0.0125. The van der Waals surface area contributed by atoms with Gasteiger partial charge < -0.3 is 14.9 Å². The molecule has 3 N–H and O–H groups in total. The van der Waals surface area contributed by atoms with Crippen LogP contribution in [0, 0.1) is 0 Å². The number of hydrogen-bond donors (Lipinski definition) is 3. The number of carbonyl (C=O) groups is 2. The largest absolute Gasteiger partial charge is 0.388 e. The average molecular weight is 287 g/mol. The highest BCUT2D eigenvalue weighted by molar-refractivity contribution is 7.98. The number of nitrogens with one attached hydrogen (secondary N) is 2. The van der Waals surface area contributed by atoms with Crippen molar-refractivity contribution in [3.05, 3.63) is 12.3 Å². The number of nitrogens with zero attached hydrogens (tertiary/aromatic N) is 1. The lowest BCUT2D eigenvalue weighted by molar-refractivity contribution is -0.136. The highest BCUT2D eigenvalue weighted by atomic mass is 32.2. The zero-order valence-electron chi connectivity index (χ0n) is 10.8. The lowest BCUT2D eigenvalue weighted by Gasteiger charge is -2.22. The van der Waals surface area contributed by atoms with Crippen molar-refractivity contribution in [3.8, 4) is 0 Å². The second-order valence-electron chi connectivity index (χ2n) is 4.26. The van der Waals surface area contributed by atoms with E-state index in [9.17, 15) is 14.7 Å². The van der Waals surface area contributed by atoms with Crippen LogP contribution in [0.2, 0.25) is 0 Å². The van der Waals surface area contributed by atoms with Gasteiger partial charge in [0.15, 0.2) is 5.82 Å². The normalized spacial score (nSPS) is 13.6. The van der Waals surface area contributed by atoms with Crippen molar-refractivity contribution in [2.75, 3.05) is 23.9 Å². The molecule has 0 fully saturated rings. The number of thioether (sulfide) groups is 1. The first-order chi connectivity index (χ1) is 8.94. The quantitative estimate of drug-likeness (QED) is 0.647. The molecule has 106 valence electrons. The Kier molecular flexibility index (Phi) is 5.84. The van der Waals surface area contributed by atoms with Crippen LogP contribution >= 0.6 is 11.8 Å². The van der Waals surface area contributed by atoms with E-state index in [0.29, 0.717) is 6.42 Å². The molecule has 1 aromatic heterocycles. The molecule has 0 aliphatic rings. The molecule has 2 amide bonds. The first kappa shape index (κ1) is 15.5. The molecule has 1 rings (SSSR count). The summed E-state index contributed by atoms with van der Waals surface area (Å²) in [5, 5.41) is 18.0. The van der Waals surface area contributed by atoms with E-state index in [1.165, 1.54) is 12.3 Å². The van der Waals surface area contributed by atoms with E-state index in [-0.39, 0.29) is 12.4 Å². The maximum atomic E-state index is 11.5. The van der Waals surface area contributed by atoms with E-state index in [2.05, 4.69) is 20.3 Å². The summed E-state index contributed by atoms with van der Waals surface area (Å²) in [7, 11) is 0. The monoisotopic (exact) mass is 287 g/mol. The van der Waals surface area contributed by atoms with Gasteiger partial charge in [0, 0.05) is 12.6 Å². The van der Waals surface area contributed by atoms with Crippen LogP contribution in [-0.4, -0.2) is 46.2 Å². The van der Waals surface area contributed by atoms with Gasteiger partial charge in [-0.1, -0.05) is 5.16 Å². The van der Waals surface area contributed by atoms with Crippen molar-refractivity contribution < 1.29 is 19.2 Å². The summed E-state index contributed by atoms with van der Waals surface area (Å²) in [5.41, 5.74) is -1.03. The number of rotatable bonds is 6. The van der Waals surface area contributed by atoms with Crippen molar-refractivity contribution >= 4 is 29.4 Å². The number of aliphatic hydroxyl groups is 1. The lowest BCUT2D eigenvalue weighted by Crippen LogP contribution is -2.44. The van der Waals surface area contributed by atoms with Gasteiger partial charge in [0.2, 0.25) is 0 Å². The first-order valence-corrected chi connectivity index (χ1v) is 7.05. The molecule has 0 aromatic carbocycles. The van der Waals surface area contributed by atoms with Gasteiger partial charge in [-0.3, -0.25) is 14.9 Å². The summed E-state index contributed by atoms with van der Waals surface area (Å²) in [4.78, 5) is 22.9. The fourth-order valence-electron chi connectivity index (χ4n) is 1.21. The Morgan fingerprint density at radius 1 is 1.53 bits per heavy atom. The zero-order chi connectivity index (χ0) is 14.3. The van der Waals surface area contributed by atoms with Gasteiger partial charge in [0.25, 0.3) is 0 Å². The smallest absolute Gasteiger partial charge is 0.314 e. The molecular weight excluding hydrogens is 270 g/mol. The number of hydrogen-bond acceptors (Lipinski definition) is 6. The Hall–Kier alpha value is -1.54. The van der Waals surface area contributed by atoms with E-state index >= 15 is 0 Å². The Morgan fingerprint density at radius 2 is 2.26 bits per heavy atom. The van der Waals surface area contributed by atoms with E-state index in [1.54, 1.807) is 18.7 Å². The molecule has 7 nitrogen and oxygen atoms in total. The van der Waals surface area contributed by atoms with Crippen LogP contribution < -0.4 is 10.6 Å². The van der Waals surface area contributed by atoms with E-state index in [4.69, 9.17) is 0 Å². The summed E-state index contributed by atoms with van der Waals surface area (Å²) in [6.07, 6.45) is 3.74. The molecule has 1 aromatic rings. The Bertz CT molecular complexity index is 420. The molecule has 0 saturated carbocycles. The van der Waals surface area contributed by atoms with Crippen molar-refractivity contribution in [1.82, 2.24) is 10.5 Å². The Labute approximate surface area is 115 Å². The molecule has 0 radical (unpaired) electrons. The predicted molar refractivity (Wildman–Crippen MR) is 71.8 cm³/mol. The maximum absolute atomic E-state index is 11.5. The lowest BCUT2D eigenvalue weighted by atomic mass is 10.0. The summed E-state index contributed by atoms with van der Waals surface area (Å²) in [5.74, 6) is -0.745. The van der Waals surface area contributed by atoms with Gasteiger partial charge >= 0.3 is 11.8 Å². The molecule has 0 aliphatic heterocycles. The number of anilines is 1. The molecular formula is C11H17N3O4S. The number of aromatic nitrogens is 1. The molecule has 0 unspecified atom stereocenters. The third-order valence-corrected chi connectivity index (χ3v) is 2.97. The maximum Gasteiger partial charge on any atom is 0.314 e. The highest BCUT2D eigenvalue weighted by Crippen LogP contribution is 2.11. The van der Waals surface area contributed by atoms with Gasteiger partial charge in [0.1, 0.15) is 6.26 Å². The summed E-state index contributed by atoms with van der Waals surface area (Å²) in [6, 6.07) is 1.42. The molecule has 0 spiro atoms. The second kappa shape index (κ2) is 7.15. The molecule has 8 heteroatoms. The van der Waals surface area contributed by atoms with Crippen LogP contribution in [0.1, 0.15) is 13.3 Å². The standard InChI is InChI=1S/C11H17N3O4S/c1-11(17,4-6-19-2)7-12-9(15)10(16)13-8-3-5-18-14-8/h3,5,17H,4,6-7H2,1-2H3,(H,12,15)(H,13,14,16)/t11-/m0/s1. The third-order valence-electron chi connectivity index (χ3n) is 2.36. The van der Waals surface area contributed by atoms with Crippen LogP contribution in [0.15, 0.2) is 16.9 Å².